The molecule has 0 amide bonds. The van der Waals surface area contributed by atoms with Crippen molar-refractivity contribution in [2.45, 2.75) is 0 Å². The van der Waals surface area contributed by atoms with E-state index >= 15 is 0 Å². The van der Waals surface area contributed by atoms with E-state index in [9.17, 15) is 34.5 Å². The lowest BCUT2D eigenvalue weighted by Crippen LogP contribution is -2.27. The number of carboxylic acid groups (broad SMARTS) is 3. The average molecular weight is 311 g/mol. The topological polar surface area (TPSA) is 137 Å². The maximum Gasteiger partial charge on any atom is 0.193 e. The first-order valence-corrected chi connectivity index (χ1v) is 6.24. The van der Waals surface area contributed by atoms with Crippen molar-refractivity contribution in [2.75, 3.05) is 0 Å². The standard InChI is InChI=1S/C16H10O7/c17-13(8-1-3-9(4-2-8)14(18)19)12-7-10(15(20)21)5-6-11(12)16(22)23/h1-7H,(H,18,19)(H,20,21)(H,22,23)/p-3. The number of hydrogen-bond acceptors (Lipinski definition) is 7. The Bertz CT molecular complexity index is 819. The fourth-order valence-corrected chi connectivity index (χ4v) is 1.95. The van der Waals surface area contributed by atoms with Gasteiger partial charge in [-0.05, 0) is 17.2 Å². The minimum atomic E-state index is -1.65. The van der Waals surface area contributed by atoms with E-state index in [1.807, 2.05) is 0 Å². The molecule has 2 rings (SSSR count). The summed E-state index contributed by atoms with van der Waals surface area (Å²) in [5.74, 6) is -5.45. The Hall–Kier alpha value is -3.48. The van der Waals surface area contributed by atoms with Crippen LogP contribution in [-0.4, -0.2) is 23.7 Å². The number of aromatic carboxylic acids is 3. The summed E-state index contributed by atoms with van der Waals surface area (Å²) in [4.78, 5) is 44.9. The highest BCUT2D eigenvalue weighted by molar-refractivity contribution is 6.15. The molecule has 0 unspecified atom stereocenters. The van der Waals surface area contributed by atoms with Crippen LogP contribution in [0.1, 0.15) is 47.0 Å². The Morgan fingerprint density at radius 3 is 1.52 bits per heavy atom. The molecule has 0 bridgehead atoms. The van der Waals surface area contributed by atoms with Gasteiger partial charge in [-0.2, -0.15) is 0 Å². The quantitative estimate of drug-likeness (QED) is 0.582. The van der Waals surface area contributed by atoms with Crippen molar-refractivity contribution in [2.24, 2.45) is 0 Å². The normalized spacial score (nSPS) is 10.1. The maximum absolute atomic E-state index is 12.4. The van der Waals surface area contributed by atoms with Crippen molar-refractivity contribution in [1.82, 2.24) is 0 Å². The molecule has 0 aromatic heterocycles. The number of rotatable bonds is 5. The van der Waals surface area contributed by atoms with Gasteiger partial charge < -0.3 is 29.7 Å². The Labute approximate surface area is 129 Å². The SMILES string of the molecule is O=C([O-])c1ccc(C(=O)c2cc(C(=O)[O-])ccc2C(=O)[O-])cc1. The van der Waals surface area contributed by atoms with Gasteiger partial charge in [0.25, 0.3) is 0 Å². The zero-order chi connectivity index (χ0) is 17.1. The molecule has 2 aromatic rings. The zero-order valence-corrected chi connectivity index (χ0v) is 11.4. The number of ketones is 1. The molecule has 0 atom stereocenters. The third-order valence-electron chi connectivity index (χ3n) is 3.10. The van der Waals surface area contributed by atoms with E-state index in [4.69, 9.17) is 0 Å². The first-order valence-electron chi connectivity index (χ1n) is 6.24. The fourth-order valence-electron chi connectivity index (χ4n) is 1.95. The van der Waals surface area contributed by atoms with Crippen molar-refractivity contribution in [1.29, 1.82) is 0 Å². The van der Waals surface area contributed by atoms with Gasteiger partial charge in [0.05, 0.1) is 17.9 Å². The van der Waals surface area contributed by atoms with Gasteiger partial charge in [0.15, 0.2) is 5.78 Å². The monoisotopic (exact) mass is 311 g/mol. The van der Waals surface area contributed by atoms with Crippen molar-refractivity contribution in [3.63, 3.8) is 0 Å². The van der Waals surface area contributed by atoms with Gasteiger partial charge in [-0.3, -0.25) is 4.79 Å². The minimum Gasteiger partial charge on any atom is -0.545 e. The Morgan fingerprint density at radius 1 is 0.565 bits per heavy atom. The molecule has 0 aliphatic carbocycles. The molecule has 0 aliphatic rings. The van der Waals surface area contributed by atoms with Crippen LogP contribution in [-0.2, 0) is 0 Å². The Balaban J connectivity index is 2.52. The maximum atomic E-state index is 12.4. The second kappa shape index (κ2) is 6.10. The van der Waals surface area contributed by atoms with Crippen LogP contribution in [0.3, 0.4) is 0 Å². The molecule has 0 N–H and O–H groups in total. The molecule has 0 spiro atoms. The second-order valence-electron chi connectivity index (χ2n) is 4.53. The summed E-state index contributed by atoms with van der Waals surface area (Å²) in [6.07, 6.45) is 0. The molecule has 7 heteroatoms. The summed E-state index contributed by atoms with van der Waals surface area (Å²) < 4.78 is 0. The van der Waals surface area contributed by atoms with E-state index in [1.54, 1.807) is 0 Å². The highest BCUT2D eigenvalue weighted by Gasteiger charge is 2.15. The highest BCUT2D eigenvalue weighted by Crippen LogP contribution is 2.17. The summed E-state index contributed by atoms with van der Waals surface area (Å²) in [7, 11) is 0. The predicted octanol–water partition coefficient (Wildman–Crippen LogP) is -1.99. The summed E-state index contributed by atoms with van der Waals surface area (Å²) in [5.41, 5.74) is -1.43. The summed E-state index contributed by atoms with van der Waals surface area (Å²) in [5, 5.41) is 32.6. The smallest absolute Gasteiger partial charge is 0.193 e. The molecule has 116 valence electrons. The van der Waals surface area contributed by atoms with Crippen LogP contribution >= 0.6 is 0 Å². The van der Waals surface area contributed by atoms with Gasteiger partial charge in [0.2, 0.25) is 0 Å². The third kappa shape index (κ3) is 3.24. The molecule has 0 radical (unpaired) electrons. The van der Waals surface area contributed by atoms with Crippen LogP contribution in [0, 0.1) is 0 Å². The van der Waals surface area contributed by atoms with E-state index in [0.29, 0.717) is 0 Å². The van der Waals surface area contributed by atoms with E-state index < -0.39 is 34.8 Å². The molecular formula is C16H7O7-3. The van der Waals surface area contributed by atoms with E-state index in [2.05, 4.69) is 0 Å². The van der Waals surface area contributed by atoms with Crippen LogP contribution in [0.15, 0.2) is 42.5 Å². The molecule has 0 heterocycles. The van der Waals surface area contributed by atoms with Crippen LogP contribution < -0.4 is 15.3 Å². The fraction of sp³-hybridized carbons (Fsp3) is 0. The molecule has 2 aromatic carbocycles. The lowest BCUT2D eigenvalue weighted by atomic mass is 9.95. The van der Waals surface area contributed by atoms with Crippen LogP contribution in [0.5, 0.6) is 0 Å². The summed E-state index contributed by atoms with van der Waals surface area (Å²) in [6, 6.07) is 7.35. The summed E-state index contributed by atoms with van der Waals surface area (Å²) in [6.45, 7) is 0. The third-order valence-corrected chi connectivity index (χ3v) is 3.10. The molecular weight excluding hydrogens is 304 g/mol. The van der Waals surface area contributed by atoms with Gasteiger partial charge in [-0.25, -0.2) is 0 Å². The Morgan fingerprint density at radius 2 is 1.04 bits per heavy atom. The first kappa shape index (κ1) is 15.9. The molecule has 0 saturated heterocycles. The minimum absolute atomic E-state index is 0.0204. The van der Waals surface area contributed by atoms with E-state index in [1.165, 1.54) is 0 Å². The van der Waals surface area contributed by atoms with Crippen LogP contribution in [0.2, 0.25) is 0 Å². The number of carboxylic acids is 3. The lowest BCUT2D eigenvalue weighted by Gasteiger charge is -2.13. The van der Waals surface area contributed by atoms with Gasteiger partial charge in [-0.15, -0.1) is 0 Å². The van der Waals surface area contributed by atoms with Gasteiger partial charge >= 0.3 is 0 Å². The lowest BCUT2D eigenvalue weighted by molar-refractivity contribution is -0.256. The molecule has 7 nitrogen and oxygen atoms in total. The Kier molecular flexibility index (Phi) is 4.22. The largest absolute Gasteiger partial charge is 0.545 e. The second-order valence-corrected chi connectivity index (χ2v) is 4.53. The molecule has 0 saturated carbocycles. The number of carbonyl (C=O) groups is 4. The summed E-state index contributed by atoms with van der Waals surface area (Å²) >= 11 is 0. The van der Waals surface area contributed by atoms with Gasteiger partial charge in [0.1, 0.15) is 0 Å². The van der Waals surface area contributed by atoms with Crippen molar-refractivity contribution in [3.05, 3.63) is 70.3 Å². The average Bonchev–Trinajstić information content (AvgIpc) is 2.53. The van der Waals surface area contributed by atoms with E-state index in [-0.39, 0.29) is 16.7 Å². The molecule has 0 fully saturated rings. The first-order chi connectivity index (χ1) is 10.8. The van der Waals surface area contributed by atoms with E-state index in [0.717, 1.165) is 42.5 Å². The van der Waals surface area contributed by atoms with Crippen molar-refractivity contribution >= 4 is 23.7 Å². The van der Waals surface area contributed by atoms with Crippen molar-refractivity contribution in [3.8, 4) is 0 Å². The van der Waals surface area contributed by atoms with Crippen molar-refractivity contribution < 1.29 is 34.5 Å². The van der Waals surface area contributed by atoms with Gasteiger partial charge in [-0.1, -0.05) is 36.4 Å². The highest BCUT2D eigenvalue weighted by atomic mass is 16.4. The van der Waals surface area contributed by atoms with Gasteiger partial charge in [0, 0.05) is 16.7 Å². The number of carbonyl (C=O) groups excluding carboxylic acids is 4. The van der Waals surface area contributed by atoms with Crippen LogP contribution in [0.4, 0.5) is 0 Å². The van der Waals surface area contributed by atoms with Crippen LogP contribution in [0.25, 0.3) is 0 Å². The molecule has 0 aliphatic heterocycles. The zero-order valence-electron chi connectivity index (χ0n) is 11.4. The number of benzene rings is 2. The number of hydrogen-bond donors (Lipinski definition) is 0. The molecule has 23 heavy (non-hydrogen) atoms. The predicted molar refractivity (Wildman–Crippen MR) is 69.3 cm³/mol.